The molecule has 0 aliphatic rings. The minimum atomic E-state index is -0.677. The van der Waals surface area contributed by atoms with Crippen LogP contribution in [0.5, 0.6) is 11.5 Å². The first-order chi connectivity index (χ1) is 11.9. The summed E-state index contributed by atoms with van der Waals surface area (Å²) >= 11 is 0. The summed E-state index contributed by atoms with van der Waals surface area (Å²) in [4.78, 5) is 13.5. The van der Waals surface area contributed by atoms with Gasteiger partial charge in [-0.3, -0.25) is 4.79 Å². The third kappa shape index (κ3) is 4.79. The molecule has 0 radical (unpaired) electrons. The van der Waals surface area contributed by atoms with Crippen LogP contribution >= 0.6 is 0 Å². The summed E-state index contributed by atoms with van der Waals surface area (Å²) in [7, 11) is 4.62. The Morgan fingerprint density at radius 1 is 1.08 bits per heavy atom. The Balaban J connectivity index is 2.06. The van der Waals surface area contributed by atoms with Gasteiger partial charge in [0.25, 0.3) is 0 Å². The molecule has 0 heterocycles. The summed E-state index contributed by atoms with van der Waals surface area (Å²) in [5.74, 6) is -0.487. The van der Waals surface area contributed by atoms with Crippen molar-refractivity contribution in [3.05, 3.63) is 65.2 Å². The van der Waals surface area contributed by atoms with E-state index in [2.05, 4.69) is 0 Å². The quantitative estimate of drug-likeness (QED) is 0.749. The van der Waals surface area contributed by atoms with Crippen LogP contribution in [0, 0.1) is 11.6 Å². The Bertz CT molecular complexity index is 790. The average molecular weight is 347 g/mol. The van der Waals surface area contributed by atoms with Gasteiger partial charge in [0.2, 0.25) is 5.91 Å². The van der Waals surface area contributed by atoms with Crippen LogP contribution in [-0.4, -0.2) is 32.1 Å². The molecule has 25 heavy (non-hydrogen) atoms. The standard InChI is InChI=1S/C19H19F2NO3/c1-22(12-14-6-7-15(20)11-16(14)21)19(23)9-5-13-4-8-17(24-2)18(10-13)25-3/h4-11H,12H2,1-3H3/b9-5+. The van der Waals surface area contributed by atoms with Crippen molar-refractivity contribution < 1.29 is 23.0 Å². The molecule has 1 amide bonds. The Morgan fingerprint density at radius 3 is 2.44 bits per heavy atom. The van der Waals surface area contributed by atoms with Gasteiger partial charge in [-0.1, -0.05) is 12.1 Å². The first kappa shape index (κ1) is 18.4. The average Bonchev–Trinajstić information content (AvgIpc) is 2.61. The van der Waals surface area contributed by atoms with E-state index < -0.39 is 11.6 Å². The van der Waals surface area contributed by atoms with Crippen molar-refractivity contribution in [1.29, 1.82) is 0 Å². The highest BCUT2D eigenvalue weighted by Gasteiger charge is 2.10. The van der Waals surface area contributed by atoms with E-state index in [1.807, 2.05) is 0 Å². The van der Waals surface area contributed by atoms with Crippen molar-refractivity contribution in [2.75, 3.05) is 21.3 Å². The molecule has 0 saturated carbocycles. The van der Waals surface area contributed by atoms with Gasteiger partial charge in [-0.15, -0.1) is 0 Å². The minimum Gasteiger partial charge on any atom is -0.493 e. The second kappa shape index (κ2) is 8.28. The van der Waals surface area contributed by atoms with Crippen molar-refractivity contribution in [2.45, 2.75) is 6.54 Å². The molecule has 0 aliphatic carbocycles. The van der Waals surface area contributed by atoms with Crippen LogP contribution in [0.25, 0.3) is 6.08 Å². The van der Waals surface area contributed by atoms with Gasteiger partial charge in [0, 0.05) is 31.3 Å². The normalized spacial score (nSPS) is 10.8. The van der Waals surface area contributed by atoms with E-state index in [9.17, 15) is 13.6 Å². The second-order valence-corrected chi connectivity index (χ2v) is 5.38. The molecule has 4 nitrogen and oxygen atoms in total. The molecule has 0 spiro atoms. The maximum Gasteiger partial charge on any atom is 0.246 e. The molecule has 0 bridgehead atoms. The van der Waals surface area contributed by atoms with Gasteiger partial charge in [-0.2, -0.15) is 0 Å². The molecule has 132 valence electrons. The fourth-order valence-electron chi connectivity index (χ4n) is 2.23. The predicted octanol–water partition coefficient (Wildman–Crippen LogP) is 3.65. The summed E-state index contributed by atoms with van der Waals surface area (Å²) in [6.45, 7) is 0.0429. The highest BCUT2D eigenvalue weighted by molar-refractivity contribution is 5.91. The van der Waals surface area contributed by atoms with Crippen LogP contribution in [0.3, 0.4) is 0 Å². The summed E-state index contributed by atoms with van der Waals surface area (Å²) in [5.41, 5.74) is 1.00. The number of halogens is 2. The van der Waals surface area contributed by atoms with Gasteiger partial charge < -0.3 is 14.4 Å². The number of carbonyl (C=O) groups excluding carboxylic acids is 1. The number of benzene rings is 2. The number of ether oxygens (including phenoxy) is 2. The van der Waals surface area contributed by atoms with E-state index in [0.717, 1.165) is 17.7 Å². The zero-order valence-electron chi connectivity index (χ0n) is 14.3. The number of carbonyl (C=O) groups is 1. The summed E-state index contributed by atoms with van der Waals surface area (Å²) in [6, 6.07) is 8.55. The highest BCUT2D eigenvalue weighted by atomic mass is 19.1. The van der Waals surface area contributed by atoms with Crippen molar-refractivity contribution in [3.8, 4) is 11.5 Å². The SMILES string of the molecule is COc1ccc(/C=C/C(=O)N(C)Cc2ccc(F)cc2F)cc1OC. The number of rotatable bonds is 6. The fourth-order valence-corrected chi connectivity index (χ4v) is 2.23. The Kier molecular flexibility index (Phi) is 6.11. The maximum atomic E-state index is 13.7. The van der Waals surface area contributed by atoms with E-state index in [-0.39, 0.29) is 18.0 Å². The van der Waals surface area contributed by atoms with Gasteiger partial charge in [-0.05, 0) is 29.8 Å². The van der Waals surface area contributed by atoms with E-state index in [1.165, 1.54) is 24.2 Å². The van der Waals surface area contributed by atoms with Crippen molar-refractivity contribution >= 4 is 12.0 Å². The molecule has 0 unspecified atom stereocenters. The van der Waals surface area contributed by atoms with Crippen LogP contribution in [0.2, 0.25) is 0 Å². The van der Waals surface area contributed by atoms with Gasteiger partial charge in [0.15, 0.2) is 11.5 Å². The molecule has 0 atom stereocenters. The minimum absolute atomic E-state index is 0.0429. The molecular formula is C19H19F2NO3. The fraction of sp³-hybridized carbons (Fsp3) is 0.211. The molecular weight excluding hydrogens is 328 g/mol. The third-order valence-corrected chi connectivity index (χ3v) is 3.62. The van der Waals surface area contributed by atoms with Crippen LogP contribution in [0.4, 0.5) is 8.78 Å². The second-order valence-electron chi connectivity index (χ2n) is 5.38. The van der Waals surface area contributed by atoms with Gasteiger partial charge in [0.1, 0.15) is 11.6 Å². The zero-order chi connectivity index (χ0) is 18.4. The largest absolute Gasteiger partial charge is 0.493 e. The first-order valence-corrected chi connectivity index (χ1v) is 7.53. The number of amides is 1. The molecule has 0 N–H and O–H groups in total. The lowest BCUT2D eigenvalue weighted by molar-refractivity contribution is -0.125. The number of hydrogen-bond acceptors (Lipinski definition) is 3. The lowest BCUT2D eigenvalue weighted by Gasteiger charge is -2.15. The van der Waals surface area contributed by atoms with Crippen LogP contribution < -0.4 is 9.47 Å². The Morgan fingerprint density at radius 2 is 1.80 bits per heavy atom. The molecule has 6 heteroatoms. The summed E-state index contributed by atoms with van der Waals surface area (Å²) in [6.07, 6.45) is 3.00. The van der Waals surface area contributed by atoms with Crippen molar-refractivity contribution in [1.82, 2.24) is 4.90 Å². The molecule has 0 aromatic heterocycles. The zero-order valence-corrected chi connectivity index (χ0v) is 14.3. The number of nitrogens with zero attached hydrogens (tertiary/aromatic N) is 1. The van der Waals surface area contributed by atoms with E-state index in [0.29, 0.717) is 11.5 Å². The number of hydrogen-bond donors (Lipinski definition) is 0. The van der Waals surface area contributed by atoms with E-state index in [4.69, 9.17) is 9.47 Å². The summed E-state index contributed by atoms with van der Waals surface area (Å²) < 4.78 is 36.9. The molecule has 0 fully saturated rings. The van der Waals surface area contributed by atoms with Crippen molar-refractivity contribution in [3.63, 3.8) is 0 Å². The Labute approximate surface area is 145 Å². The van der Waals surface area contributed by atoms with Gasteiger partial charge >= 0.3 is 0 Å². The first-order valence-electron chi connectivity index (χ1n) is 7.53. The highest BCUT2D eigenvalue weighted by Crippen LogP contribution is 2.28. The predicted molar refractivity (Wildman–Crippen MR) is 91.4 cm³/mol. The maximum absolute atomic E-state index is 13.7. The van der Waals surface area contributed by atoms with Gasteiger partial charge in [0.05, 0.1) is 14.2 Å². The summed E-state index contributed by atoms with van der Waals surface area (Å²) in [5, 5.41) is 0. The molecule has 0 saturated heterocycles. The molecule has 2 aromatic carbocycles. The number of likely N-dealkylation sites (N-methyl/N-ethyl adjacent to an activating group) is 1. The van der Waals surface area contributed by atoms with Crippen LogP contribution in [-0.2, 0) is 11.3 Å². The Hall–Kier alpha value is -2.89. The van der Waals surface area contributed by atoms with E-state index >= 15 is 0 Å². The monoisotopic (exact) mass is 347 g/mol. The van der Waals surface area contributed by atoms with Gasteiger partial charge in [-0.25, -0.2) is 8.78 Å². The van der Waals surface area contributed by atoms with Crippen molar-refractivity contribution in [2.24, 2.45) is 0 Å². The smallest absolute Gasteiger partial charge is 0.246 e. The van der Waals surface area contributed by atoms with Crippen LogP contribution in [0.15, 0.2) is 42.5 Å². The molecule has 2 aromatic rings. The lowest BCUT2D eigenvalue weighted by atomic mass is 10.1. The number of methoxy groups -OCH3 is 2. The molecule has 2 rings (SSSR count). The van der Waals surface area contributed by atoms with E-state index in [1.54, 1.807) is 38.4 Å². The lowest BCUT2D eigenvalue weighted by Crippen LogP contribution is -2.24. The third-order valence-electron chi connectivity index (χ3n) is 3.62. The molecule has 0 aliphatic heterocycles. The van der Waals surface area contributed by atoms with Crippen LogP contribution in [0.1, 0.15) is 11.1 Å². The topological polar surface area (TPSA) is 38.8 Å².